The fraction of sp³-hybridized carbons (Fsp3) is 0.636. The van der Waals surface area contributed by atoms with Gasteiger partial charge in [-0.25, -0.2) is 13.2 Å². The zero-order chi connectivity index (χ0) is 28.2. The molecule has 0 saturated carbocycles. The number of carbonyl (C=O) groups is 2. The summed E-state index contributed by atoms with van der Waals surface area (Å²) in [6.45, 7) is 7.46. The van der Waals surface area contributed by atoms with Crippen LogP contribution in [0.15, 0.2) is 23.1 Å². The Morgan fingerprint density at radius 1 is 1.22 bits per heavy atom. The summed E-state index contributed by atoms with van der Waals surface area (Å²) in [6, 6.07) is 4.38. The molecule has 1 aliphatic rings. The number of hydrogen-bond donors (Lipinski definition) is 2. The number of sulfonamides is 1. The first-order valence-electron chi connectivity index (χ1n) is 11.4. The zero-order valence-electron chi connectivity index (χ0n) is 20.9. The molecule has 1 aromatic rings. The molecule has 0 aromatic heterocycles. The lowest BCUT2D eigenvalue weighted by Crippen LogP contribution is -2.47. The topological polar surface area (TPSA) is 125 Å². The lowest BCUT2D eigenvalue weighted by Gasteiger charge is -2.29. The van der Waals surface area contributed by atoms with E-state index in [0.717, 1.165) is 13.1 Å². The van der Waals surface area contributed by atoms with Crippen molar-refractivity contribution in [2.45, 2.75) is 43.9 Å². The molecule has 0 atom stereocenters. The van der Waals surface area contributed by atoms with Crippen LogP contribution < -0.4 is 10.1 Å². The van der Waals surface area contributed by atoms with E-state index in [-0.39, 0.29) is 41.4 Å². The maximum atomic E-state index is 13.3. The van der Waals surface area contributed by atoms with Gasteiger partial charge in [-0.2, -0.15) is 17.5 Å². The van der Waals surface area contributed by atoms with Gasteiger partial charge < -0.3 is 24.8 Å². The SMILES string of the molecule is COc1ccc(S(=O)(=O)N(CCCOC(C)C)CCC(=O)N2CCNCC2)cc1Cl.O=C(O)C(F)(F)F. The highest BCUT2D eigenvalue weighted by Gasteiger charge is 2.38. The Kier molecular flexibility index (Phi) is 13.6. The second-order valence-electron chi connectivity index (χ2n) is 8.16. The number of hydrogen-bond acceptors (Lipinski definition) is 7. The maximum absolute atomic E-state index is 13.3. The lowest BCUT2D eigenvalue weighted by molar-refractivity contribution is -0.192. The molecular weight excluding hydrogens is 543 g/mol. The molecule has 212 valence electrons. The Bertz CT molecular complexity index is 988. The molecule has 37 heavy (non-hydrogen) atoms. The summed E-state index contributed by atoms with van der Waals surface area (Å²) < 4.78 is 70.2. The van der Waals surface area contributed by atoms with Gasteiger partial charge in [0.05, 0.1) is 23.1 Å². The number of nitrogens with one attached hydrogen (secondary N) is 1. The molecule has 10 nitrogen and oxygen atoms in total. The van der Waals surface area contributed by atoms with E-state index in [4.69, 9.17) is 31.0 Å². The van der Waals surface area contributed by atoms with E-state index in [1.807, 2.05) is 13.8 Å². The Morgan fingerprint density at radius 3 is 2.30 bits per heavy atom. The molecule has 2 rings (SSSR count). The largest absolute Gasteiger partial charge is 0.495 e. The quantitative estimate of drug-likeness (QED) is 0.386. The third-order valence-electron chi connectivity index (χ3n) is 5.05. The predicted octanol–water partition coefficient (Wildman–Crippen LogP) is 2.61. The molecule has 0 radical (unpaired) electrons. The number of carboxylic acid groups (broad SMARTS) is 1. The van der Waals surface area contributed by atoms with Crippen molar-refractivity contribution in [1.29, 1.82) is 0 Å². The van der Waals surface area contributed by atoms with Gasteiger partial charge in [0.2, 0.25) is 15.9 Å². The van der Waals surface area contributed by atoms with E-state index in [1.54, 1.807) is 4.90 Å². The molecule has 0 spiro atoms. The first-order valence-corrected chi connectivity index (χ1v) is 13.3. The number of piperazine rings is 1. The van der Waals surface area contributed by atoms with Crippen molar-refractivity contribution >= 4 is 33.5 Å². The van der Waals surface area contributed by atoms with Crippen LogP contribution in [0.5, 0.6) is 5.75 Å². The van der Waals surface area contributed by atoms with E-state index < -0.39 is 22.2 Å². The van der Waals surface area contributed by atoms with Gasteiger partial charge in [0, 0.05) is 52.3 Å². The number of methoxy groups -OCH3 is 1. The third-order valence-corrected chi connectivity index (χ3v) is 7.24. The van der Waals surface area contributed by atoms with Gasteiger partial charge in [-0.1, -0.05) is 11.6 Å². The van der Waals surface area contributed by atoms with Crippen molar-refractivity contribution in [3.8, 4) is 5.75 Å². The highest BCUT2D eigenvalue weighted by atomic mass is 35.5. The fourth-order valence-electron chi connectivity index (χ4n) is 3.16. The van der Waals surface area contributed by atoms with Crippen LogP contribution in [-0.2, 0) is 24.3 Å². The van der Waals surface area contributed by atoms with Crippen LogP contribution in [0.25, 0.3) is 0 Å². The van der Waals surface area contributed by atoms with Crippen LogP contribution in [0.2, 0.25) is 5.02 Å². The second-order valence-corrected chi connectivity index (χ2v) is 10.5. The number of halogens is 4. The molecule has 15 heteroatoms. The summed E-state index contributed by atoms with van der Waals surface area (Å²) in [5.74, 6) is -2.39. The predicted molar refractivity (Wildman–Crippen MR) is 130 cm³/mol. The summed E-state index contributed by atoms with van der Waals surface area (Å²) >= 11 is 6.14. The van der Waals surface area contributed by atoms with E-state index in [1.165, 1.54) is 29.6 Å². The van der Waals surface area contributed by atoms with Crippen molar-refractivity contribution < 1.29 is 45.8 Å². The molecule has 1 aliphatic heterocycles. The molecule has 1 amide bonds. The van der Waals surface area contributed by atoms with Gasteiger partial charge in [-0.05, 0) is 38.5 Å². The van der Waals surface area contributed by atoms with Crippen LogP contribution in [0.3, 0.4) is 0 Å². The monoisotopic (exact) mass is 575 g/mol. The number of carbonyl (C=O) groups excluding carboxylic acids is 1. The van der Waals surface area contributed by atoms with Gasteiger partial charge in [-0.3, -0.25) is 4.79 Å². The Hall–Kier alpha value is -2.13. The number of aliphatic carboxylic acids is 1. The number of alkyl halides is 3. The highest BCUT2D eigenvalue weighted by molar-refractivity contribution is 7.89. The van der Waals surface area contributed by atoms with Crippen LogP contribution >= 0.6 is 11.6 Å². The fourth-order valence-corrected chi connectivity index (χ4v) is 4.99. The van der Waals surface area contributed by atoms with Gasteiger partial charge in [0.1, 0.15) is 5.75 Å². The van der Waals surface area contributed by atoms with Gasteiger partial charge in [0.25, 0.3) is 0 Å². The normalized spacial score (nSPS) is 14.4. The van der Waals surface area contributed by atoms with Crippen molar-refractivity contribution in [3.05, 3.63) is 23.2 Å². The van der Waals surface area contributed by atoms with Crippen LogP contribution in [0, 0.1) is 0 Å². The molecule has 1 fully saturated rings. The van der Waals surface area contributed by atoms with Crippen molar-refractivity contribution in [2.24, 2.45) is 0 Å². The molecule has 1 saturated heterocycles. The molecular formula is C22H33ClF3N3O7S. The highest BCUT2D eigenvalue weighted by Crippen LogP contribution is 2.28. The molecule has 0 unspecified atom stereocenters. The van der Waals surface area contributed by atoms with Crippen LogP contribution in [0.4, 0.5) is 13.2 Å². The summed E-state index contributed by atoms with van der Waals surface area (Å²) in [7, 11) is -2.35. The smallest absolute Gasteiger partial charge is 0.490 e. The molecule has 0 bridgehead atoms. The van der Waals surface area contributed by atoms with Gasteiger partial charge in [-0.15, -0.1) is 0 Å². The number of ether oxygens (including phenoxy) is 2. The Balaban J connectivity index is 0.000000856. The molecule has 0 aliphatic carbocycles. The van der Waals surface area contributed by atoms with Crippen molar-refractivity contribution in [2.75, 3.05) is 53.0 Å². The minimum atomic E-state index is -5.08. The molecule has 1 heterocycles. The van der Waals surface area contributed by atoms with E-state index >= 15 is 0 Å². The Labute approximate surface area is 219 Å². The van der Waals surface area contributed by atoms with Gasteiger partial charge in [0.15, 0.2) is 0 Å². The van der Waals surface area contributed by atoms with Crippen LogP contribution in [-0.4, -0.2) is 99.9 Å². The first kappa shape index (κ1) is 32.9. The minimum Gasteiger partial charge on any atom is -0.495 e. The van der Waals surface area contributed by atoms with E-state index in [9.17, 15) is 26.4 Å². The minimum absolute atomic E-state index is 0.0390. The zero-order valence-corrected chi connectivity index (χ0v) is 22.5. The number of nitrogens with zero attached hydrogens (tertiary/aromatic N) is 2. The summed E-state index contributed by atoms with van der Waals surface area (Å²) in [5.41, 5.74) is 0. The Morgan fingerprint density at radius 2 is 1.81 bits per heavy atom. The third kappa shape index (κ3) is 11.4. The summed E-state index contributed by atoms with van der Waals surface area (Å²) in [4.78, 5) is 23.3. The van der Waals surface area contributed by atoms with Gasteiger partial charge >= 0.3 is 12.1 Å². The summed E-state index contributed by atoms with van der Waals surface area (Å²) in [5, 5.41) is 10.5. The molecule has 2 N–H and O–H groups in total. The van der Waals surface area contributed by atoms with E-state index in [0.29, 0.717) is 31.9 Å². The van der Waals surface area contributed by atoms with E-state index in [2.05, 4.69) is 5.32 Å². The summed E-state index contributed by atoms with van der Waals surface area (Å²) in [6.07, 6.45) is -4.35. The first-order chi connectivity index (χ1) is 17.2. The number of carboxylic acids is 1. The standard InChI is InChI=1S/C20H32ClN3O5S.C2HF3O2/c1-16(2)29-14-4-10-24(11-7-20(25)23-12-8-22-9-13-23)30(26,27)17-5-6-19(28-3)18(21)15-17;3-2(4,5)1(6)7/h5-6,15-16,22H,4,7-14H2,1-3H3;(H,6,7). The number of benzene rings is 1. The van der Waals surface area contributed by atoms with Crippen molar-refractivity contribution in [3.63, 3.8) is 0 Å². The number of amides is 1. The molecule has 1 aromatic carbocycles. The lowest BCUT2D eigenvalue weighted by atomic mass is 10.3. The van der Waals surface area contributed by atoms with Crippen LogP contribution in [0.1, 0.15) is 26.7 Å². The second kappa shape index (κ2) is 15.3. The average Bonchev–Trinajstić information content (AvgIpc) is 2.83. The van der Waals surface area contributed by atoms with Crippen molar-refractivity contribution in [1.82, 2.24) is 14.5 Å². The number of rotatable bonds is 11. The maximum Gasteiger partial charge on any atom is 0.490 e. The average molecular weight is 576 g/mol.